The van der Waals surface area contributed by atoms with Gasteiger partial charge in [-0.1, -0.05) is 11.6 Å². The van der Waals surface area contributed by atoms with Crippen LogP contribution in [0.4, 0.5) is 5.69 Å². The minimum absolute atomic E-state index is 0.660. The second kappa shape index (κ2) is 4.72. The standard InChI is InChI=1S/C15H14ClN3O/c1-19-13-7-9(16)3-6-12(13)18-15(19)11-5-4-10(17)8-14(11)20-2/h3-8H,17H2,1-2H3. The van der Waals surface area contributed by atoms with Gasteiger partial charge in [0.2, 0.25) is 0 Å². The van der Waals surface area contributed by atoms with Crippen molar-refractivity contribution in [1.29, 1.82) is 0 Å². The second-order valence-corrected chi connectivity index (χ2v) is 5.02. The van der Waals surface area contributed by atoms with Gasteiger partial charge in [-0.2, -0.15) is 0 Å². The number of aromatic nitrogens is 2. The van der Waals surface area contributed by atoms with E-state index in [9.17, 15) is 0 Å². The molecule has 0 aliphatic carbocycles. The van der Waals surface area contributed by atoms with Crippen molar-refractivity contribution in [1.82, 2.24) is 9.55 Å². The maximum Gasteiger partial charge on any atom is 0.144 e. The summed E-state index contributed by atoms with van der Waals surface area (Å²) in [6, 6.07) is 11.2. The van der Waals surface area contributed by atoms with E-state index in [2.05, 4.69) is 4.98 Å². The summed E-state index contributed by atoms with van der Waals surface area (Å²) in [6.45, 7) is 0. The van der Waals surface area contributed by atoms with Crippen molar-refractivity contribution in [2.24, 2.45) is 7.05 Å². The maximum atomic E-state index is 6.04. The monoisotopic (exact) mass is 287 g/mol. The smallest absolute Gasteiger partial charge is 0.144 e. The number of nitrogen functional groups attached to an aromatic ring is 1. The van der Waals surface area contributed by atoms with E-state index in [0.717, 1.165) is 22.4 Å². The van der Waals surface area contributed by atoms with Crippen molar-refractivity contribution in [3.05, 3.63) is 41.4 Å². The molecule has 0 saturated heterocycles. The van der Waals surface area contributed by atoms with E-state index in [0.29, 0.717) is 16.5 Å². The molecule has 20 heavy (non-hydrogen) atoms. The fraction of sp³-hybridized carbons (Fsp3) is 0.133. The highest BCUT2D eigenvalue weighted by molar-refractivity contribution is 6.31. The Hall–Kier alpha value is -2.20. The molecule has 0 aliphatic heterocycles. The highest BCUT2D eigenvalue weighted by atomic mass is 35.5. The largest absolute Gasteiger partial charge is 0.496 e. The average Bonchev–Trinajstić information content (AvgIpc) is 2.76. The Kier molecular flexibility index (Phi) is 3.03. The third kappa shape index (κ3) is 1.98. The lowest BCUT2D eigenvalue weighted by Crippen LogP contribution is -1.96. The van der Waals surface area contributed by atoms with Gasteiger partial charge in [-0.15, -0.1) is 0 Å². The van der Waals surface area contributed by atoms with Crippen molar-refractivity contribution >= 4 is 28.3 Å². The van der Waals surface area contributed by atoms with E-state index in [1.165, 1.54) is 0 Å². The summed E-state index contributed by atoms with van der Waals surface area (Å²) in [5.41, 5.74) is 9.22. The van der Waals surface area contributed by atoms with Gasteiger partial charge in [-0.3, -0.25) is 0 Å². The number of halogens is 1. The van der Waals surface area contributed by atoms with Crippen LogP contribution < -0.4 is 10.5 Å². The number of methoxy groups -OCH3 is 1. The van der Waals surface area contributed by atoms with Crippen molar-refractivity contribution in [3.63, 3.8) is 0 Å². The molecule has 2 aromatic carbocycles. The number of benzene rings is 2. The maximum absolute atomic E-state index is 6.04. The third-order valence-corrected chi connectivity index (χ3v) is 3.54. The Morgan fingerprint density at radius 1 is 1.20 bits per heavy atom. The topological polar surface area (TPSA) is 53.1 Å². The summed E-state index contributed by atoms with van der Waals surface area (Å²) in [4.78, 5) is 4.65. The van der Waals surface area contributed by atoms with Gasteiger partial charge in [0.15, 0.2) is 0 Å². The molecule has 0 aliphatic rings. The van der Waals surface area contributed by atoms with E-state index < -0.39 is 0 Å². The molecule has 0 spiro atoms. The van der Waals surface area contributed by atoms with Crippen LogP contribution in [0.1, 0.15) is 0 Å². The Labute approximate surface area is 121 Å². The number of aryl methyl sites for hydroxylation is 1. The first-order valence-electron chi connectivity index (χ1n) is 6.16. The van der Waals surface area contributed by atoms with Gasteiger partial charge in [0.05, 0.1) is 23.7 Å². The zero-order valence-corrected chi connectivity index (χ0v) is 12.0. The van der Waals surface area contributed by atoms with Gasteiger partial charge in [0, 0.05) is 23.8 Å². The molecule has 0 fully saturated rings. The molecule has 3 aromatic rings. The van der Waals surface area contributed by atoms with Crippen LogP contribution in [0.5, 0.6) is 5.75 Å². The SMILES string of the molecule is COc1cc(N)ccc1-c1nc2ccc(Cl)cc2n1C. The lowest BCUT2D eigenvalue weighted by molar-refractivity contribution is 0.416. The van der Waals surface area contributed by atoms with Crippen LogP contribution in [0.25, 0.3) is 22.4 Å². The Morgan fingerprint density at radius 3 is 2.75 bits per heavy atom. The van der Waals surface area contributed by atoms with Crippen LogP contribution in [-0.4, -0.2) is 16.7 Å². The number of nitrogens with zero attached hydrogens (tertiary/aromatic N) is 2. The molecule has 1 heterocycles. The fourth-order valence-corrected chi connectivity index (χ4v) is 2.46. The van der Waals surface area contributed by atoms with Crippen LogP contribution in [-0.2, 0) is 7.05 Å². The average molecular weight is 288 g/mol. The predicted molar refractivity (Wildman–Crippen MR) is 82.1 cm³/mol. The molecule has 5 heteroatoms. The van der Waals surface area contributed by atoms with E-state index >= 15 is 0 Å². The number of hydrogen-bond acceptors (Lipinski definition) is 3. The molecule has 0 unspecified atom stereocenters. The summed E-state index contributed by atoms with van der Waals surface area (Å²) >= 11 is 6.04. The summed E-state index contributed by atoms with van der Waals surface area (Å²) in [5, 5.41) is 0.691. The first-order valence-corrected chi connectivity index (χ1v) is 6.54. The Balaban J connectivity index is 2.27. The van der Waals surface area contributed by atoms with Crippen LogP contribution in [0.15, 0.2) is 36.4 Å². The van der Waals surface area contributed by atoms with Gasteiger partial charge < -0.3 is 15.0 Å². The van der Waals surface area contributed by atoms with Crippen molar-refractivity contribution in [2.75, 3.05) is 12.8 Å². The molecular formula is C15H14ClN3O. The van der Waals surface area contributed by atoms with Gasteiger partial charge in [-0.05, 0) is 30.3 Å². The molecular weight excluding hydrogens is 274 g/mol. The summed E-state index contributed by atoms with van der Waals surface area (Å²) in [5.74, 6) is 1.52. The van der Waals surface area contributed by atoms with E-state index in [4.69, 9.17) is 22.1 Å². The van der Waals surface area contributed by atoms with Crippen molar-refractivity contribution in [3.8, 4) is 17.1 Å². The van der Waals surface area contributed by atoms with Crippen molar-refractivity contribution in [2.45, 2.75) is 0 Å². The zero-order chi connectivity index (χ0) is 14.3. The molecule has 0 bridgehead atoms. The van der Waals surface area contributed by atoms with E-state index in [-0.39, 0.29) is 0 Å². The number of hydrogen-bond donors (Lipinski definition) is 1. The van der Waals surface area contributed by atoms with Crippen LogP contribution in [0.3, 0.4) is 0 Å². The number of rotatable bonds is 2. The fourth-order valence-electron chi connectivity index (χ4n) is 2.30. The van der Waals surface area contributed by atoms with Crippen LogP contribution in [0.2, 0.25) is 5.02 Å². The van der Waals surface area contributed by atoms with Gasteiger partial charge in [-0.25, -0.2) is 4.98 Å². The zero-order valence-electron chi connectivity index (χ0n) is 11.2. The summed E-state index contributed by atoms with van der Waals surface area (Å²) < 4.78 is 7.39. The third-order valence-electron chi connectivity index (χ3n) is 3.31. The van der Waals surface area contributed by atoms with E-state index in [1.54, 1.807) is 13.2 Å². The number of fused-ring (bicyclic) bond motifs is 1. The number of nitrogens with two attached hydrogens (primary N) is 1. The minimum atomic E-state index is 0.660. The molecule has 0 amide bonds. The van der Waals surface area contributed by atoms with E-state index in [1.807, 2.05) is 41.9 Å². The number of ether oxygens (including phenoxy) is 1. The van der Waals surface area contributed by atoms with Gasteiger partial charge in [0.25, 0.3) is 0 Å². The molecule has 0 saturated carbocycles. The second-order valence-electron chi connectivity index (χ2n) is 4.59. The lowest BCUT2D eigenvalue weighted by Gasteiger charge is -2.09. The first kappa shape index (κ1) is 12.8. The molecule has 2 N–H and O–H groups in total. The Morgan fingerprint density at radius 2 is 2.00 bits per heavy atom. The normalized spacial score (nSPS) is 10.9. The summed E-state index contributed by atoms with van der Waals surface area (Å²) in [7, 11) is 3.58. The lowest BCUT2D eigenvalue weighted by atomic mass is 10.1. The highest BCUT2D eigenvalue weighted by Gasteiger charge is 2.14. The van der Waals surface area contributed by atoms with Crippen LogP contribution in [0, 0.1) is 0 Å². The molecule has 102 valence electrons. The molecule has 4 nitrogen and oxygen atoms in total. The van der Waals surface area contributed by atoms with Gasteiger partial charge >= 0.3 is 0 Å². The minimum Gasteiger partial charge on any atom is -0.496 e. The Bertz CT molecular complexity index is 795. The molecule has 0 atom stereocenters. The highest BCUT2D eigenvalue weighted by Crippen LogP contribution is 2.33. The molecule has 0 radical (unpaired) electrons. The predicted octanol–water partition coefficient (Wildman–Crippen LogP) is 3.48. The molecule has 3 rings (SSSR count). The number of anilines is 1. The quantitative estimate of drug-likeness (QED) is 0.734. The van der Waals surface area contributed by atoms with Crippen molar-refractivity contribution < 1.29 is 4.74 Å². The van der Waals surface area contributed by atoms with Gasteiger partial charge in [0.1, 0.15) is 11.6 Å². The first-order chi connectivity index (χ1) is 9.60. The molecule has 1 aromatic heterocycles. The summed E-state index contributed by atoms with van der Waals surface area (Å²) in [6.07, 6.45) is 0. The number of imidazole rings is 1. The van der Waals surface area contributed by atoms with Crippen LogP contribution >= 0.6 is 11.6 Å².